The predicted octanol–water partition coefficient (Wildman–Crippen LogP) is 3.98. The highest BCUT2D eigenvalue weighted by Gasteiger charge is 2.13. The molecule has 0 saturated heterocycles. The maximum absolute atomic E-state index is 13.3. The van der Waals surface area contributed by atoms with Crippen LogP contribution in [0.3, 0.4) is 0 Å². The van der Waals surface area contributed by atoms with Gasteiger partial charge in [0.2, 0.25) is 0 Å². The lowest BCUT2D eigenvalue weighted by Gasteiger charge is -2.10. The Morgan fingerprint density at radius 3 is 2.48 bits per heavy atom. The lowest BCUT2D eigenvalue weighted by molar-refractivity contribution is 0.0690. The Labute approximate surface area is 169 Å². The van der Waals surface area contributed by atoms with Crippen LogP contribution in [-0.2, 0) is 9.73 Å². The van der Waals surface area contributed by atoms with E-state index in [-0.39, 0.29) is 5.69 Å². The zero-order chi connectivity index (χ0) is 20.9. The van der Waals surface area contributed by atoms with E-state index in [0.29, 0.717) is 27.5 Å². The van der Waals surface area contributed by atoms with E-state index in [1.807, 2.05) is 6.07 Å². The Balaban J connectivity index is 2.01. The van der Waals surface area contributed by atoms with Gasteiger partial charge in [-0.05, 0) is 36.4 Å². The molecule has 0 amide bonds. The first kappa shape index (κ1) is 20.1. The van der Waals surface area contributed by atoms with Crippen LogP contribution in [0.2, 0.25) is 0 Å². The summed E-state index contributed by atoms with van der Waals surface area (Å²) in [5.41, 5.74) is 1.60. The second kappa shape index (κ2) is 8.59. The summed E-state index contributed by atoms with van der Waals surface area (Å²) < 4.78 is 23.1. The number of carbonyl (C=O) groups is 1. The number of ether oxygens (including phenoxy) is 1. The molecule has 1 unspecified atom stereocenters. The van der Waals surface area contributed by atoms with Crippen LogP contribution >= 0.6 is 0 Å². The molecule has 0 bridgehead atoms. The van der Waals surface area contributed by atoms with Gasteiger partial charge in [0.15, 0.2) is 0 Å². The second-order valence-corrected chi connectivity index (χ2v) is 8.28. The first-order valence-electron chi connectivity index (χ1n) is 8.56. The maximum atomic E-state index is 13.3. The highest BCUT2D eigenvalue weighted by Crippen LogP contribution is 2.28. The average molecular weight is 406 g/mol. The number of para-hydroxylation sites is 1. The highest BCUT2D eigenvalue weighted by molar-refractivity contribution is 7.93. The molecule has 3 rings (SSSR count). The van der Waals surface area contributed by atoms with E-state index in [1.54, 1.807) is 54.8 Å². The number of hydrogen-bond acceptors (Lipinski definition) is 5. The molecule has 0 aliphatic rings. The Kier molecular flexibility index (Phi) is 5.96. The van der Waals surface area contributed by atoms with Gasteiger partial charge in [0.1, 0.15) is 11.4 Å². The smallest absolute Gasteiger partial charge is 0.354 e. The molecular formula is C22H18N2O4S. The molecule has 7 heteroatoms. The normalized spacial score (nSPS) is 12.2. The van der Waals surface area contributed by atoms with E-state index >= 15 is 0 Å². The first-order chi connectivity index (χ1) is 13.9. The number of hydrogen-bond donors (Lipinski definition) is 1. The molecule has 0 aliphatic carbocycles. The Morgan fingerprint density at radius 2 is 1.79 bits per heavy atom. The van der Waals surface area contributed by atoms with Gasteiger partial charge in [-0.1, -0.05) is 36.1 Å². The van der Waals surface area contributed by atoms with E-state index in [9.17, 15) is 9.00 Å². The number of rotatable bonds is 4. The quantitative estimate of drug-likeness (QED) is 0.662. The summed E-state index contributed by atoms with van der Waals surface area (Å²) in [6.07, 6.45) is 2.96. The van der Waals surface area contributed by atoms with Gasteiger partial charge in [-0.2, -0.15) is 4.36 Å². The number of carboxylic acid groups (broad SMARTS) is 1. The Morgan fingerprint density at radius 1 is 1.07 bits per heavy atom. The number of nitrogens with zero attached hydrogens (tertiary/aromatic N) is 2. The molecule has 0 aliphatic heterocycles. The topological polar surface area (TPSA) is 88.8 Å². The van der Waals surface area contributed by atoms with Crippen molar-refractivity contribution < 1.29 is 18.8 Å². The Hall–Kier alpha value is -3.63. The molecule has 29 heavy (non-hydrogen) atoms. The molecule has 0 spiro atoms. The molecule has 1 aromatic heterocycles. The first-order valence-corrected chi connectivity index (χ1v) is 10.5. The van der Waals surface area contributed by atoms with Gasteiger partial charge < -0.3 is 9.84 Å². The van der Waals surface area contributed by atoms with Gasteiger partial charge in [-0.3, -0.25) is 0 Å². The van der Waals surface area contributed by atoms with Gasteiger partial charge in [0, 0.05) is 18.0 Å². The van der Waals surface area contributed by atoms with Crippen LogP contribution in [0.5, 0.6) is 5.75 Å². The Bertz CT molecular complexity index is 1230. The van der Waals surface area contributed by atoms with Crippen LogP contribution in [0.1, 0.15) is 21.6 Å². The molecular weight excluding hydrogens is 388 g/mol. The molecule has 1 N–H and O–H groups in total. The molecule has 1 heterocycles. The maximum Gasteiger partial charge on any atom is 0.354 e. The van der Waals surface area contributed by atoms with Crippen molar-refractivity contribution in [3.05, 3.63) is 83.7 Å². The molecule has 146 valence electrons. The summed E-state index contributed by atoms with van der Waals surface area (Å²) >= 11 is 0. The van der Waals surface area contributed by atoms with Gasteiger partial charge in [0.05, 0.1) is 33.0 Å². The summed E-state index contributed by atoms with van der Waals surface area (Å²) in [6.45, 7) is 0. The van der Waals surface area contributed by atoms with Crippen LogP contribution in [0.15, 0.2) is 76.1 Å². The molecule has 3 aromatic rings. The standard InChI is InChI=1S/C22H18N2O4S/c1-28-20-9-5-6-10-21(20)29(2,27)24-18-8-4-3-7-17(18)13-11-16-12-14-19(22(25)26)23-15-16/h3-10,12,14-15H,1-2H3,(H,25,26). The largest absolute Gasteiger partial charge is 0.495 e. The van der Waals surface area contributed by atoms with E-state index in [1.165, 1.54) is 19.4 Å². The number of methoxy groups -OCH3 is 1. The number of pyridine rings is 1. The fraction of sp³-hybridized carbons (Fsp3) is 0.0909. The lowest BCUT2D eigenvalue weighted by Crippen LogP contribution is -2.00. The SMILES string of the molecule is COc1ccccc1S(C)(=O)=Nc1ccccc1C#Cc1ccc(C(=O)O)nc1. The number of aromatic nitrogens is 1. The van der Waals surface area contributed by atoms with Crippen LogP contribution < -0.4 is 4.74 Å². The van der Waals surface area contributed by atoms with Crippen molar-refractivity contribution in [2.45, 2.75) is 4.90 Å². The minimum absolute atomic E-state index is 0.0477. The summed E-state index contributed by atoms with van der Waals surface area (Å²) in [5.74, 6) is 5.34. The van der Waals surface area contributed by atoms with Crippen LogP contribution in [-0.4, -0.2) is 33.6 Å². The van der Waals surface area contributed by atoms with Gasteiger partial charge >= 0.3 is 5.97 Å². The van der Waals surface area contributed by atoms with Crippen molar-refractivity contribution in [3.8, 4) is 17.6 Å². The van der Waals surface area contributed by atoms with Crippen molar-refractivity contribution in [1.29, 1.82) is 0 Å². The third-order valence-electron chi connectivity index (χ3n) is 3.98. The number of aromatic carboxylic acids is 1. The van der Waals surface area contributed by atoms with Crippen LogP contribution in [0.4, 0.5) is 5.69 Å². The number of benzene rings is 2. The monoisotopic (exact) mass is 406 g/mol. The van der Waals surface area contributed by atoms with Crippen molar-refractivity contribution in [1.82, 2.24) is 4.98 Å². The third-order valence-corrected chi connectivity index (χ3v) is 5.68. The predicted molar refractivity (Wildman–Crippen MR) is 111 cm³/mol. The molecule has 1 atom stereocenters. The summed E-state index contributed by atoms with van der Waals surface area (Å²) in [7, 11) is -1.25. The molecule has 0 saturated carbocycles. The van der Waals surface area contributed by atoms with E-state index in [2.05, 4.69) is 21.2 Å². The molecule has 0 radical (unpaired) electrons. The van der Waals surface area contributed by atoms with Crippen molar-refractivity contribution >= 4 is 21.4 Å². The van der Waals surface area contributed by atoms with Gasteiger partial charge in [-0.15, -0.1) is 0 Å². The third kappa shape index (κ3) is 4.81. The van der Waals surface area contributed by atoms with Crippen molar-refractivity contribution in [3.63, 3.8) is 0 Å². The summed E-state index contributed by atoms with van der Waals surface area (Å²) in [5, 5.41) is 8.91. The molecule has 6 nitrogen and oxygen atoms in total. The summed E-state index contributed by atoms with van der Waals surface area (Å²) in [6, 6.07) is 17.2. The fourth-order valence-electron chi connectivity index (χ4n) is 2.56. The van der Waals surface area contributed by atoms with E-state index < -0.39 is 15.7 Å². The lowest BCUT2D eigenvalue weighted by atomic mass is 10.1. The minimum Gasteiger partial charge on any atom is -0.495 e. The van der Waals surface area contributed by atoms with E-state index in [0.717, 1.165) is 0 Å². The van der Waals surface area contributed by atoms with Crippen LogP contribution in [0.25, 0.3) is 0 Å². The summed E-state index contributed by atoms with van der Waals surface area (Å²) in [4.78, 5) is 15.2. The van der Waals surface area contributed by atoms with Crippen molar-refractivity contribution in [2.75, 3.05) is 13.4 Å². The zero-order valence-corrected chi connectivity index (χ0v) is 16.6. The fourth-order valence-corrected chi connectivity index (χ4v) is 4.05. The van der Waals surface area contributed by atoms with Gasteiger partial charge in [-0.25, -0.2) is 14.0 Å². The minimum atomic E-state index is -2.77. The second-order valence-electron chi connectivity index (χ2n) is 6.05. The van der Waals surface area contributed by atoms with Crippen molar-refractivity contribution in [2.24, 2.45) is 4.36 Å². The molecule has 0 fully saturated rings. The zero-order valence-electron chi connectivity index (χ0n) is 15.8. The highest BCUT2D eigenvalue weighted by atomic mass is 32.2. The van der Waals surface area contributed by atoms with E-state index in [4.69, 9.17) is 9.84 Å². The van der Waals surface area contributed by atoms with Gasteiger partial charge in [0.25, 0.3) is 0 Å². The molecule has 2 aromatic carbocycles. The van der Waals surface area contributed by atoms with Crippen LogP contribution in [0, 0.1) is 11.8 Å². The number of carboxylic acids is 1. The average Bonchev–Trinajstić information content (AvgIpc) is 2.73.